The van der Waals surface area contributed by atoms with Crippen LogP contribution in [0, 0.1) is 0 Å². The maximum atomic E-state index is 13.3. The lowest BCUT2D eigenvalue weighted by atomic mass is 10.1. The number of nitrogens with one attached hydrogen (secondary N) is 1. The molecular formula is C23H21ClN4O4. The van der Waals surface area contributed by atoms with E-state index >= 15 is 0 Å². The monoisotopic (exact) mass is 452 g/mol. The fourth-order valence-corrected chi connectivity index (χ4v) is 3.61. The average Bonchev–Trinajstić information content (AvgIpc) is 3.25. The molecule has 0 radical (unpaired) electrons. The molecule has 2 heterocycles. The topological polar surface area (TPSA) is 99.2 Å². The number of rotatable bonds is 7. The van der Waals surface area contributed by atoms with Gasteiger partial charge in [0, 0.05) is 17.1 Å². The zero-order valence-electron chi connectivity index (χ0n) is 17.5. The van der Waals surface area contributed by atoms with E-state index in [9.17, 15) is 9.59 Å². The molecule has 0 aliphatic carbocycles. The SMILES string of the molecule is CC[C@H](C(=O)NCc1cccc(OC)c1)n1cnc2onc(-c3ccc(Cl)cc3)c2c1=O. The first-order chi connectivity index (χ1) is 15.5. The van der Waals surface area contributed by atoms with Gasteiger partial charge in [-0.3, -0.25) is 14.2 Å². The van der Waals surface area contributed by atoms with E-state index in [2.05, 4.69) is 15.5 Å². The molecule has 1 atom stereocenters. The van der Waals surface area contributed by atoms with Crippen LogP contribution in [0.15, 0.2) is 64.2 Å². The molecule has 4 aromatic rings. The standard InChI is InChI=1S/C23H21ClN4O4/c1-3-18(21(29)25-12-14-5-4-6-17(11-14)31-2)28-13-26-22-19(23(28)30)20(27-32-22)15-7-9-16(24)10-8-15/h4-11,13,18H,3,12H2,1-2H3,(H,25,29)/t18-/m1/s1. The van der Waals surface area contributed by atoms with Crippen molar-refractivity contribution < 1.29 is 14.1 Å². The summed E-state index contributed by atoms with van der Waals surface area (Å²) in [6.45, 7) is 2.14. The number of aromatic nitrogens is 3. The quantitative estimate of drug-likeness (QED) is 0.455. The third-order valence-electron chi connectivity index (χ3n) is 5.17. The summed E-state index contributed by atoms with van der Waals surface area (Å²) in [5, 5.41) is 7.68. The summed E-state index contributed by atoms with van der Waals surface area (Å²) >= 11 is 5.96. The Morgan fingerprint density at radius 1 is 1.25 bits per heavy atom. The van der Waals surface area contributed by atoms with Gasteiger partial charge in [-0.15, -0.1) is 0 Å². The van der Waals surface area contributed by atoms with E-state index in [1.165, 1.54) is 10.9 Å². The first-order valence-corrected chi connectivity index (χ1v) is 10.4. The van der Waals surface area contributed by atoms with Gasteiger partial charge in [-0.1, -0.05) is 47.9 Å². The summed E-state index contributed by atoms with van der Waals surface area (Å²) in [5.74, 6) is 0.417. The lowest BCUT2D eigenvalue weighted by Crippen LogP contribution is -2.36. The van der Waals surface area contributed by atoms with Gasteiger partial charge in [-0.05, 0) is 36.2 Å². The maximum Gasteiger partial charge on any atom is 0.267 e. The van der Waals surface area contributed by atoms with Crippen molar-refractivity contribution in [3.8, 4) is 17.0 Å². The zero-order valence-corrected chi connectivity index (χ0v) is 18.3. The minimum Gasteiger partial charge on any atom is -0.497 e. The van der Waals surface area contributed by atoms with Crippen LogP contribution in [-0.4, -0.2) is 27.7 Å². The number of carbonyl (C=O) groups is 1. The van der Waals surface area contributed by atoms with Crippen molar-refractivity contribution in [1.82, 2.24) is 20.0 Å². The van der Waals surface area contributed by atoms with Crippen molar-refractivity contribution in [3.05, 3.63) is 75.8 Å². The fraction of sp³-hybridized carbons (Fsp3) is 0.217. The molecule has 0 saturated carbocycles. The first kappa shape index (κ1) is 21.6. The molecule has 0 bridgehead atoms. The number of hydrogen-bond acceptors (Lipinski definition) is 6. The number of methoxy groups -OCH3 is 1. The Morgan fingerprint density at radius 3 is 2.75 bits per heavy atom. The molecule has 1 N–H and O–H groups in total. The minimum absolute atomic E-state index is 0.114. The number of ether oxygens (including phenoxy) is 1. The Hall–Kier alpha value is -3.65. The molecule has 2 aromatic carbocycles. The van der Waals surface area contributed by atoms with Gasteiger partial charge >= 0.3 is 0 Å². The van der Waals surface area contributed by atoms with Crippen LogP contribution in [0.4, 0.5) is 0 Å². The fourth-order valence-electron chi connectivity index (χ4n) is 3.48. The Kier molecular flexibility index (Phi) is 6.23. The van der Waals surface area contributed by atoms with E-state index in [1.54, 1.807) is 31.4 Å². The molecule has 0 saturated heterocycles. The van der Waals surface area contributed by atoms with Crippen molar-refractivity contribution in [2.75, 3.05) is 7.11 Å². The molecule has 0 aliphatic rings. The van der Waals surface area contributed by atoms with Crippen LogP contribution in [0.25, 0.3) is 22.4 Å². The Bertz CT molecular complexity index is 1310. The molecule has 9 heteroatoms. The van der Waals surface area contributed by atoms with Crippen LogP contribution >= 0.6 is 11.6 Å². The number of amides is 1. The summed E-state index contributed by atoms with van der Waals surface area (Å²) in [7, 11) is 1.59. The van der Waals surface area contributed by atoms with Gasteiger partial charge < -0.3 is 14.6 Å². The van der Waals surface area contributed by atoms with Gasteiger partial charge in [0.15, 0.2) is 0 Å². The van der Waals surface area contributed by atoms with Gasteiger partial charge in [0.25, 0.3) is 11.3 Å². The van der Waals surface area contributed by atoms with Gasteiger partial charge in [-0.2, -0.15) is 0 Å². The normalized spacial score (nSPS) is 12.0. The Balaban J connectivity index is 1.64. The van der Waals surface area contributed by atoms with Crippen LogP contribution < -0.4 is 15.6 Å². The van der Waals surface area contributed by atoms with Gasteiger partial charge in [0.2, 0.25) is 5.91 Å². The number of carbonyl (C=O) groups excluding carboxylic acids is 1. The Labute approximate surface area is 188 Å². The summed E-state index contributed by atoms with van der Waals surface area (Å²) < 4.78 is 11.8. The lowest BCUT2D eigenvalue weighted by molar-refractivity contribution is -0.124. The summed E-state index contributed by atoms with van der Waals surface area (Å²) in [4.78, 5) is 30.5. The highest BCUT2D eigenvalue weighted by molar-refractivity contribution is 6.30. The molecule has 164 valence electrons. The molecule has 0 aliphatic heterocycles. The molecule has 4 rings (SSSR count). The maximum absolute atomic E-state index is 13.3. The van der Waals surface area contributed by atoms with Crippen LogP contribution in [0.5, 0.6) is 5.75 Å². The van der Waals surface area contributed by atoms with Crippen LogP contribution in [-0.2, 0) is 11.3 Å². The molecule has 0 unspecified atom stereocenters. The largest absolute Gasteiger partial charge is 0.497 e. The van der Waals surface area contributed by atoms with Gasteiger partial charge in [0.05, 0.1) is 7.11 Å². The molecule has 32 heavy (non-hydrogen) atoms. The van der Waals surface area contributed by atoms with Crippen LogP contribution in [0.3, 0.4) is 0 Å². The lowest BCUT2D eigenvalue weighted by Gasteiger charge is -2.17. The third kappa shape index (κ3) is 4.22. The van der Waals surface area contributed by atoms with Gasteiger partial charge in [0.1, 0.15) is 29.2 Å². The van der Waals surface area contributed by atoms with Crippen molar-refractivity contribution in [2.45, 2.75) is 25.9 Å². The smallest absolute Gasteiger partial charge is 0.267 e. The average molecular weight is 453 g/mol. The summed E-state index contributed by atoms with van der Waals surface area (Å²) in [6.07, 6.45) is 1.72. The van der Waals surface area contributed by atoms with Crippen molar-refractivity contribution in [3.63, 3.8) is 0 Å². The van der Waals surface area contributed by atoms with Gasteiger partial charge in [-0.25, -0.2) is 4.98 Å². The second kappa shape index (κ2) is 9.23. The molecule has 0 spiro atoms. The van der Waals surface area contributed by atoms with Crippen LogP contribution in [0.2, 0.25) is 5.02 Å². The van der Waals surface area contributed by atoms with Crippen LogP contribution in [0.1, 0.15) is 24.9 Å². The number of halogens is 1. The summed E-state index contributed by atoms with van der Waals surface area (Å²) in [5.41, 5.74) is 1.63. The van der Waals surface area contributed by atoms with E-state index in [0.29, 0.717) is 35.0 Å². The van der Waals surface area contributed by atoms with Crippen molar-refractivity contribution in [2.24, 2.45) is 0 Å². The highest BCUT2D eigenvalue weighted by Gasteiger charge is 2.24. The van der Waals surface area contributed by atoms with Crippen molar-refractivity contribution >= 4 is 28.6 Å². The van der Waals surface area contributed by atoms with E-state index < -0.39 is 11.6 Å². The molecule has 1 amide bonds. The number of hydrogen-bond donors (Lipinski definition) is 1. The molecule has 8 nitrogen and oxygen atoms in total. The van der Waals surface area contributed by atoms with E-state index in [-0.39, 0.29) is 17.0 Å². The van der Waals surface area contributed by atoms with E-state index in [1.807, 2.05) is 31.2 Å². The predicted octanol–water partition coefficient (Wildman–Crippen LogP) is 3.98. The predicted molar refractivity (Wildman–Crippen MR) is 121 cm³/mol. The second-order valence-electron chi connectivity index (χ2n) is 7.17. The third-order valence-corrected chi connectivity index (χ3v) is 5.42. The molecule has 0 fully saturated rings. The number of benzene rings is 2. The Morgan fingerprint density at radius 2 is 2.03 bits per heavy atom. The van der Waals surface area contributed by atoms with Crippen molar-refractivity contribution in [1.29, 1.82) is 0 Å². The second-order valence-corrected chi connectivity index (χ2v) is 7.61. The van der Waals surface area contributed by atoms with E-state index in [4.69, 9.17) is 20.9 Å². The zero-order chi connectivity index (χ0) is 22.7. The summed E-state index contributed by atoms with van der Waals surface area (Å²) in [6, 6.07) is 13.6. The first-order valence-electron chi connectivity index (χ1n) is 10.0. The highest BCUT2D eigenvalue weighted by Crippen LogP contribution is 2.26. The number of nitrogens with zero attached hydrogens (tertiary/aromatic N) is 3. The highest BCUT2D eigenvalue weighted by atomic mass is 35.5. The molecular weight excluding hydrogens is 432 g/mol. The minimum atomic E-state index is -0.738. The van der Waals surface area contributed by atoms with E-state index in [0.717, 1.165) is 5.56 Å². The molecule has 2 aromatic heterocycles. The number of fused-ring (bicyclic) bond motifs is 1.